The molecule has 0 fully saturated rings. The van der Waals surface area contributed by atoms with Crippen LogP contribution in [-0.4, -0.2) is 51.8 Å². The molecule has 148 valence electrons. The average molecular weight is 431 g/mol. The van der Waals surface area contributed by atoms with E-state index in [1.807, 2.05) is 0 Å². The van der Waals surface area contributed by atoms with Gasteiger partial charge in [0.15, 0.2) is 5.82 Å². The lowest BCUT2D eigenvalue weighted by atomic mass is 10.1. The second kappa shape index (κ2) is 6.80. The Morgan fingerprint density at radius 3 is 2.48 bits per heavy atom. The van der Waals surface area contributed by atoms with E-state index >= 15 is 0 Å². The van der Waals surface area contributed by atoms with Gasteiger partial charge in [-0.15, -0.1) is 0 Å². The molecule has 0 bridgehead atoms. The smallest absolute Gasteiger partial charge is 0.338 e. The van der Waals surface area contributed by atoms with Crippen molar-refractivity contribution in [2.45, 2.75) is 0 Å². The number of para-hydroxylation sites is 1. The van der Waals surface area contributed by atoms with Crippen LogP contribution in [0.5, 0.6) is 0 Å². The number of carbonyl (C=O) groups is 1. The molecule has 4 aromatic rings. The summed E-state index contributed by atoms with van der Waals surface area (Å²) in [5, 5.41) is 10.7. The number of carboxylic acid groups (broad SMARTS) is 1. The minimum absolute atomic E-state index is 0.0473. The first kappa shape index (κ1) is 19.3. The topological polar surface area (TPSA) is 105 Å². The highest BCUT2D eigenvalue weighted by atomic mass is 35.5. The normalized spacial score (nSPS) is 12.1. The molecule has 10 heteroatoms. The number of hydrogen-bond acceptors (Lipinski definition) is 5. The molecule has 0 unspecified atom stereocenters. The summed E-state index contributed by atoms with van der Waals surface area (Å²) in [5.41, 5.74) is 0.897. The maximum Gasteiger partial charge on any atom is 0.338 e. The molecular formula is C19H15ClN4O4S. The third-order valence-corrected chi connectivity index (χ3v) is 6.42. The quantitative estimate of drug-likeness (QED) is 0.532. The Morgan fingerprint density at radius 2 is 1.79 bits per heavy atom. The average Bonchev–Trinajstić information content (AvgIpc) is 3.05. The maximum absolute atomic E-state index is 13.1. The Labute approximate surface area is 171 Å². The van der Waals surface area contributed by atoms with Crippen LogP contribution >= 0.6 is 11.6 Å². The van der Waals surface area contributed by atoms with E-state index in [4.69, 9.17) is 11.6 Å². The summed E-state index contributed by atoms with van der Waals surface area (Å²) in [4.78, 5) is 20.8. The van der Waals surface area contributed by atoms with Gasteiger partial charge in [-0.3, -0.25) is 0 Å². The molecule has 0 spiro atoms. The SMILES string of the molecule is CN(C)S(=O)(=O)n1c(-c2nc3ccccc3cc2C(=O)O)nc2cc(Cl)ccc21. The zero-order valence-corrected chi connectivity index (χ0v) is 16.9. The second-order valence-electron chi connectivity index (χ2n) is 6.51. The minimum Gasteiger partial charge on any atom is -0.478 e. The van der Waals surface area contributed by atoms with Crippen molar-refractivity contribution in [2.75, 3.05) is 14.1 Å². The van der Waals surface area contributed by atoms with E-state index in [9.17, 15) is 18.3 Å². The van der Waals surface area contributed by atoms with Crippen molar-refractivity contribution in [3.8, 4) is 11.5 Å². The fourth-order valence-corrected chi connectivity index (χ4v) is 4.27. The minimum atomic E-state index is -4.04. The van der Waals surface area contributed by atoms with Crippen molar-refractivity contribution >= 4 is 49.7 Å². The van der Waals surface area contributed by atoms with Crippen molar-refractivity contribution in [2.24, 2.45) is 0 Å². The van der Waals surface area contributed by atoms with Crippen LogP contribution in [0.1, 0.15) is 10.4 Å². The Kier molecular flexibility index (Phi) is 4.53. The van der Waals surface area contributed by atoms with E-state index in [0.29, 0.717) is 21.4 Å². The largest absolute Gasteiger partial charge is 0.478 e. The Hall–Kier alpha value is -3.01. The first-order chi connectivity index (χ1) is 13.7. The predicted molar refractivity (Wildman–Crippen MR) is 110 cm³/mol. The number of fused-ring (bicyclic) bond motifs is 2. The van der Waals surface area contributed by atoms with Crippen LogP contribution in [0.3, 0.4) is 0 Å². The first-order valence-corrected chi connectivity index (χ1v) is 10.2. The molecule has 1 N–H and O–H groups in total. The first-order valence-electron chi connectivity index (χ1n) is 8.44. The van der Waals surface area contributed by atoms with Gasteiger partial charge in [0.2, 0.25) is 0 Å². The lowest BCUT2D eigenvalue weighted by molar-refractivity contribution is 0.0697. The molecule has 2 heterocycles. The van der Waals surface area contributed by atoms with Crippen molar-refractivity contribution in [1.82, 2.24) is 18.2 Å². The number of nitrogens with zero attached hydrogens (tertiary/aromatic N) is 4. The molecule has 0 aliphatic carbocycles. The third kappa shape index (κ3) is 3.13. The number of rotatable bonds is 4. The highest BCUT2D eigenvalue weighted by molar-refractivity contribution is 7.87. The van der Waals surface area contributed by atoms with E-state index in [-0.39, 0.29) is 22.6 Å². The molecule has 4 rings (SSSR count). The van der Waals surface area contributed by atoms with Crippen LogP contribution in [-0.2, 0) is 10.2 Å². The van der Waals surface area contributed by atoms with Gasteiger partial charge in [-0.1, -0.05) is 29.8 Å². The molecule has 0 aliphatic rings. The summed E-state index contributed by atoms with van der Waals surface area (Å²) in [6.07, 6.45) is 0. The molecule has 8 nitrogen and oxygen atoms in total. The number of halogens is 1. The lowest BCUT2D eigenvalue weighted by Gasteiger charge is -2.16. The van der Waals surface area contributed by atoms with Crippen LogP contribution in [0.4, 0.5) is 0 Å². The van der Waals surface area contributed by atoms with Gasteiger partial charge in [-0.25, -0.2) is 18.7 Å². The zero-order chi connectivity index (χ0) is 20.9. The molecule has 29 heavy (non-hydrogen) atoms. The van der Waals surface area contributed by atoms with Gasteiger partial charge in [0.1, 0.15) is 5.69 Å². The van der Waals surface area contributed by atoms with Gasteiger partial charge in [0, 0.05) is 24.5 Å². The van der Waals surface area contributed by atoms with E-state index in [2.05, 4.69) is 9.97 Å². The summed E-state index contributed by atoms with van der Waals surface area (Å²) >= 11 is 6.04. The van der Waals surface area contributed by atoms with Gasteiger partial charge in [-0.05, 0) is 30.3 Å². The Morgan fingerprint density at radius 1 is 1.07 bits per heavy atom. The van der Waals surface area contributed by atoms with Crippen molar-refractivity contribution in [3.05, 3.63) is 59.1 Å². The number of pyridine rings is 1. The van der Waals surface area contributed by atoms with E-state index in [0.717, 1.165) is 8.28 Å². The van der Waals surface area contributed by atoms with Crippen LogP contribution in [0, 0.1) is 0 Å². The van der Waals surface area contributed by atoms with E-state index < -0.39 is 16.2 Å². The fraction of sp³-hybridized carbons (Fsp3) is 0.105. The lowest BCUT2D eigenvalue weighted by Crippen LogP contribution is -2.29. The van der Waals surface area contributed by atoms with Crippen molar-refractivity contribution < 1.29 is 18.3 Å². The van der Waals surface area contributed by atoms with Gasteiger partial charge in [0.25, 0.3) is 0 Å². The predicted octanol–water partition coefficient (Wildman–Crippen LogP) is 3.26. The number of carboxylic acids is 1. The van der Waals surface area contributed by atoms with Gasteiger partial charge >= 0.3 is 16.2 Å². The molecule has 0 radical (unpaired) electrons. The Balaban J connectivity index is 2.17. The molecule has 2 aromatic carbocycles. The number of aromatic nitrogens is 3. The molecular weight excluding hydrogens is 416 g/mol. The van der Waals surface area contributed by atoms with Gasteiger partial charge < -0.3 is 5.11 Å². The summed E-state index contributed by atoms with van der Waals surface area (Å²) in [7, 11) is -1.27. The number of imidazole rings is 1. The number of benzene rings is 2. The summed E-state index contributed by atoms with van der Waals surface area (Å²) in [6, 6.07) is 13.0. The molecule has 0 atom stereocenters. The number of hydrogen-bond donors (Lipinski definition) is 1. The van der Waals surface area contributed by atoms with Gasteiger partial charge in [-0.2, -0.15) is 12.7 Å². The van der Waals surface area contributed by atoms with Crippen LogP contribution in [0.25, 0.3) is 33.5 Å². The van der Waals surface area contributed by atoms with Gasteiger partial charge in [0.05, 0.1) is 22.1 Å². The third-order valence-electron chi connectivity index (χ3n) is 4.43. The fourth-order valence-electron chi connectivity index (χ4n) is 3.03. The molecule has 0 amide bonds. The second-order valence-corrected chi connectivity index (χ2v) is 8.93. The van der Waals surface area contributed by atoms with E-state index in [1.54, 1.807) is 30.3 Å². The van der Waals surface area contributed by atoms with Crippen molar-refractivity contribution in [1.29, 1.82) is 0 Å². The van der Waals surface area contributed by atoms with Crippen molar-refractivity contribution in [3.63, 3.8) is 0 Å². The maximum atomic E-state index is 13.1. The number of aromatic carboxylic acids is 1. The zero-order valence-electron chi connectivity index (χ0n) is 15.4. The molecule has 0 saturated heterocycles. The van der Waals surface area contributed by atoms with Crippen LogP contribution in [0.2, 0.25) is 5.02 Å². The summed E-state index contributed by atoms with van der Waals surface area (Å²) in [6.45, 7) is 0. The molecule has 2 aromatic heterocycles. The highest BCUT2D eigenvalue weighted by Crippen LogP contribution is 2.31. The molecule has 0 aliphatic heterocycles. The standard InChI is InChI=1S/C19H15ClN4O4S/c1-23(2)29(27,28)24-16-8-7-12(20)10-15(16)22-18(24)17-13(19(25)26)9-11-5-3-4-6-14(11)21-17/h3-10H,1-2H3,(H,25,26). The van der Waals surface area contributed by atoms with Crippen LogP contribution in [0.15, 0.2) is 48.5 Å². The highest BCUT2D eigenvalue weighted by Gasteiger charge is 2.29. The summed E-state index contributed by atoms with van der Waals surface area (Å²) in [5.74, 6) is -1.34. The van der Waals surface area contributed by atoms with E-state index in [1.165, 1.54) is 32.3 Å². The molecule has 0 saturated carbocycles. The van der Waals surface area contributed by atoms with Crippen LogP contribution < -0.4 is 0 Å². The monoisotopic (exact) mass is 430 g/mol. The summed E-state index contributed by atoms with van der Waals surface area (Å²) < 4.78 is 28.2. The Bertz CT molecular complexity index is 1400.